The molecule has 0 radical (unpaired) electrons. The predicted octanol–water partition coefficient (Wildman–Crippen LogP) is 13.1. The summed E-state index contributed by atoms with van der Waals surface area (Å²) in [5.74, 6) is -0.515. The van der Waals surface area contributed by atoms with Crippen molar-refractivity contribution in [2.24, 2.45) is 0 Å². The number of carbonyl (C=O) groups excluding carboxylic acids is 2. The van der Waals surface area contributed by atoms with Crippen molar-refractivity contribution in [2.45, 2.75) is 238 Å². The van der Waals surface area contributed by atoms with Gasteiger partial charge in [-0.3, -0.25) is 9.59 Å². The Morgan fingerprint density at radius 1 is 0.556 bits per heavy atom. The van der Waals surface area contributed by atoms with Gasteiger partial charge in [0.2, 0.25) is 5.91 Å². The highest BCUT2D eigenvalue weighted by molar-refractivity contribution is 5.77. The molecule has 314 valence electrons. The molecule has 6 nitrogen and oxygen atoms in total. The molecule has 1 amide bonds. The zero-order valence-corrected chi connectivity index (χ0v) is 35.6. The summed E-state index contributed by atoms with van der Waals surface area (Å²) in [5, 5.41) is 23.6. The first kappa shape index (κ1) is 51.8. The highest BCUT2D eigenvalue weighted by atomic mass is 16.5. The smallest absolute Gasteiger partial charge is 0.306 e. The van der Waals surface area contributed by atoms with Gasteiger partial charge in [-0.1, -0.05) is 191 Å². The molecule has 0 spiro atoms. The van der Waals surface area contributed by atoms with Crippen LogP contribution in [0.25, 0.3) is 0 Å². The normalized spacial score (nSPS) is 13.8. The molecule has 0 aromatic heterocycles. The molecular weight excluding hydrogens is 671 g/mol. The van der Waals surface area contributed by atoms with E-state index in [1.807, 2.05) is 0 Å². The number of aliphatic hydroxyl groups excluding tert-OH is 2. The van der Waals surface area contributed by atoms with Gasteiger partial charge in [-0.25, -0.2) is 0 Å². The first-order valence-electron chi connectivity index (χ1n) is 22.9. The number of carbonyl (C=O) groups is 2. The summed E-state index contributed by atoms with van der Waals surface area (Å²) in [7, 11) is 0. The fourth-order valence-corrected chi connectivity index (χ4v) is 6.71. The first-order valence-corrected chi connectivity index (χ1v) is 22.9. The lowest BCUT2D eigenvalue weighted by Gasteiger charge is -2.24. The molecule has 6 heteroatoms. The molecule has 0 fully saturated rings. The molecule has 0 saturated heterocycles. The SMILES string of the molecule is CC/C=C/C/C=C/C/C=C/C/C=C/CCCCCC(=O)OC(CCCCCCCCC)CC(=O)NC(CO)C(O)CCCCCCCCCCCCCC. The third kappa shape index (κ3) is 36.8. The van der Waals surface area contributed by atoms with Crippen LogP contribution in [0.3, 0.4) is 0 Å². The van der Waals surface area contributed by atoms with Crippen LogP contribution in [0, 0.1) is 0 Å². The van der Waals surface area contributed by atoms with E-state index >= 15 is 0 Å². The third-order valence-corrected chi connectivity index (χ3v) is 10.2. The van der Waals surface area contributed by atoms with Crippen molar-refractivity contribution >= 4 is 11.9 Å². The zero-order valence-electron chi connectivity index (χ0n) is 35.6. The highest BCUT2D eigenvalue weighted by Crippen LogP contribution is 2.17. The zero-order chi connectivity index (χ0) is 39.6. The number of esters is 1. The lowest BCUT2D eigenvalue weighted by Crippen LogP contribution is -2.46. The summed E-state index contributed by atoms with van der Waals surface area (Å²) in [6.45, 7) is 6.31. The molecule has 0 bridgehead atoms. The van der Waals surface area contributed by atoms with E-state index in [1.54, 1.807) is 0 Å². The highest BCUT2D eigenvalue weighted by Gasteiger charge is 2.24. The summed E-state index contributed by atoms with van der Waals surface area (Å²) in [5.41, 5.74) is 0. The maximum Gasteiger partial charge on any atom is 0.306 e. The second-order valence-corrected chi connectivity index (χ2v) is 15.4. The Morgan fingerprint density at radius 3 is 1.50 bits per heavy atom. The predicted molar refractivity (Wildman–Crippen MR) is 232 cm³/mol. The number of amides is 1. The van der Waals surface area contributed by atoms with Gasteiger partial charge in [0.05, 0.1) is 25.2 Å². The van der Waals surface area contributed by atoms with E-state index in [2.05, 4.69) is 74.7 Å². The molecule has 3 atom stereocenters. The standard InChI is InChI=1S/C48H87NO5/c1-4-7-10-13-16-18-20-22-23-24-25-27-29-32-35-38-41-48(53)54-44(39-36-33-30-15-12-9-6-3)42-47(52)49-45(43-50)46(51)40-37-34-31-28-26-21-19-17-14-11-8-5-2/h7,10,16,18,22-23,25,27,44-46,50-51H,4-6,8-9,11-15,17,19-21,24,26,28-43H2,1-3H3,(H,49,52)/b10-7+,18-16+,23-22+,27-25+. The molecule has 0 aliphatic rings. The minimum atomic E-state index is -0.789. The number of rotatable bonds is 40. The summed E-state index contributed by atoms with van der Waals surface area (Å²) in [6.07, 6.45) is 48.9. The number of hydrogen-bond donors (Lipinski definition) is 3. The molecule has 3 unspecified atom stereocenters. The van der Waals surface area contributed by atoms with Gasteiger partial charge in [0.25, 0.3) is 0 Å². The Kier molecular flexibility index (Phi) is 40.3. The van der Waals surface area contributed by atoms with Crippen LogP contribution in [0.2, 0.25) is 0 Å². The molecule has 0 aromatic rings. The molecule has 0 aromatic carbocycles. The van der Waals surface area contributed by atoms with Crippen molar-refractivity contribution in [1.82, 2.24) is 5.32 Å². The van der Waals surface area contributed by atoms with Crippen LogP contribution in [0.5, 0.6) is 0 Å². The van der Waals surface area contributed by atoms with Gasteiger partial charge in [-0.2, -0.15) is 0 Å². The number of allylic oxidation sites excluding steroid dienone is 8. The summed E-state index contributed by atoms with van der Waals surface area (Å²) < 4.78 is 5.86. The Bertz CT molecular complexity index is 941. The minimum Gasteiger partial charge on any atom is -0.462 e. The van der Waals surface area contributed by atoms with Gasteiger partial charge in [-0.15, -0.1) is 0 Å². The quantitative estimate of drug-likeness (QED) is 0.0329. The summed E-state index contributed by atoms with van der Waals surface area (Å²) in [4.78, 5) is 25.9. The van der Waals surface area contributed by atoms with Crippen LogP contribution in [0.4, 0.5) is 0 Å². The first-order chi connectivity index (χ1) is 26.5. The number of aliphatic hydroxyl groups is 2. The maximum atomic E-state index is 13.1. The van der Waals surface area contributed by atoms with Crippen LogP contribution < -0.4 is 5.32 Å². The van der Waals surface area contributed by atoms with Gasteiger partial charge < -0.3 is 20.3 Å². The topological polar surface area (TPSA) is 95.9 Å². The lowest BCUT2D eigenvalue weighted by molar-refractivity contribution is -0.151. The largest absolute Gasteiger partial charge is 0.462 e. The molecule has 0 saturated carbocycles. The maximum absolute atomic E-state index is 13.1. The second-order valence-electron chi connectivity index (χ2n) is 15.4. The number of hydrogen-bond acceptors (Lipinski definition) is 5. The Hall–Kier alpha value is -2.18. The van der Waals surface area contributed by atoms with Gasteiger partial charge in [0.1, 0.15) is 6.10 Å². The van der Waals surface area contributed by atoms with E-state index < -0.39 is 18.2 Å². The molecule has 0 aliphatic carbocycles. The van der Waals surface area contributed by atoms with E-state index in [4.69, 9.17) is 4.74 Å². The Morgan fingerprint density at radius 2 is 1.00 bits per heavy atom. The molecule has 0 rings (SSSR count). The van der Waals surface area contributed by atoms with E-state index in [0.29, 0.717) is 19.3 Å². The molecule has 0 heterocycles. The van der Waals surface area contributed by atoms with Crippen LogP contribution in [0.1, 0.15) is 220 Å². The van der Waals surface area contributed by atoms with E-state index in [-0.39, 0.29) is 24.9 Å². The van der Waals surface area contributed by atoms with Gasteiger partial charge in [0, 0.05) is 6.42 Å². The van der Waals surface area contributed by atoms with E-state index in [9.17, 15) is 19.8 Å². The van der Waals surface area contributed by atoms with Crippen LogP contribution in [-0.2, 0) is 14.3 Å². The van der Waals surface area contributed by atoms with Crippen molar-refractivity contribution in [3.8, 4) is 0 Å². The van der Waals surface area contributed by atoms with Gasteiger partial charge >= 0.3 is 5.97 Å². The van der Waals surface area contributed by atoms with Gasteiger partial charge in [0.15, 0.2) is 0 Å². The molecule has 54 heavy (non-hydrogen) atoms. The fourth-order valence-electron chi connectivity index (χ4n) is 6.71. The average Bonchev–Trinajstić information content (AvgIpc) is 3.16. The van der Waals surface area contributed by atoms with Gasteiger partial charge in [-0.05, 0) is 64.2 Å². The van der Waals surface area contributed by atoms with E-state index in [1.165, 1.54) is 83.5 Å². The molecular formula is C48H87NO5. The second kappa shape index (κ2) is 42.0. The van der Waals surface area contributed by atoms with Crippen molar-refractivity contribution < 1.29 is 24.5 Å². The van der Waals surface area contributed by atoms with Crippen LogP contribution in [0.15, 0.2) is 48.6 Å². The Balaban J connectivity index is 4.49. The van der Waals surface area contributed by atoms with E-state index in [0.717, 1.165) is 89.9 Å². The minimum absolute atomic E-state index is 0.0647. The molecule has 0 aliphatic heterocycles. The number of nitrogens with one attached hydrogen (secondary N) is 1. The number of ether oxygens (including phenoxy) is 1. The molecule has 3 N–H and O–H groups in total. The van der Waals surface area contributed by atoms with Crippen LogP contribution >= 0.6 is 0 Å². The average molecular weight is 758 g/mol. The van der Waals surface area contributed by atoms with Crippen molar-refractivity contribution in [3.63, 3.8) is 0 Å². The van der Waals surface area contributed by atoms with Crippen molar-refractivity contribution in [2.75, 3.05) is 6.61 Å². The fraction of sp³-hybridized carbons (Fsp3) is 0.792. The number of unbranched alkanes of at least 4 members (excludes halogenated alkanes) is 20. The van der Waals surface area contributed by atoms with Crippen LogP contribution in [-0.4, -0.2) is 46.9 Å². The van der Waals surface area contributed by atoms with Crippen molar-refractivity contribution in [3.05, 3.63) is 48.6 Å². The monoisotopic (exact) mass is 758 g/mol. The lowest BCUT2D eigenvalue weighted by atomic mass is 10.0. The summed E-state index contributed by atoms with van der Waals surface area (Å²) >= 11 is 0. The summed E-state index contributed by atoms with van der Waals surface area (Å²) in [6, 6.07) is -0.703. The third-order valence-electron chi connectivity index (χ3n) is 10.2. The van der Waals surface area contributed by atoms with Crippen molar-refractivity contribution in [1.29, 1.82) is 0 Å². The Labute approximate surface area is 334 Å².